The van der Waals surface area contributed by atoms with Crippen molar-refractivity contribution in [3.05, 3.63) is 70.0 Å². The van der Waals surface area contributed by atoms with Gasteiger partial charge in [-0.1, -0.05) is 31.5 Å². The third-order valence-corrected chi connectivity index (χ3v) is 5.87. The SMILES string of the molecule is COc1ccc(Cc2nc3c(c(-c4cccnc4Cl)c2N)C(=O)CC(C)(C)C3)cc1F. The number of rotatable bonds is 4. The average Bonchev–Trinajstić information content (AvgIpc) is 2.69. The van der Waals surface area contributed by atoms with Gasteiger partial charge in [0.05, 0.1) is 24.2 Å². The standard InChI is InChI=1S/C24H23ClFN3O2/c1-24(2)11-17-21(18(30)12-24)20(14-5-4-8-28-23(14)25)22(27)16(29-17)10-13-6-7-19(31-3)15(26)9-13/h4-9H,10-12,27H2,1-3H3. The highest BCUT2D eigenvalue weighted by molar-refractivity contribution is 6.32. The molecule has 31 heavy (non-hydrogen) atoms. The first kappa shape index (κ1) is 21.2. The number of methoxy groups -OCH3 is 1. The summed E-state index contributed by atoms with van der Waals surface area (Å²) in [7, 11) is 1.42. The van der Waals surface area contributed by atoms with Gasteiger partial charge in [-0.05, 0) is 41.7 Å². The molecule has 0 amide bonds. The second-order valence-electron chi connectivity index (χ2n) is 8.60. The number of hydrogen-bond donors (Lipinski definition) is 1. The van der Waals surface area contributed by atoms with Crippen molar-refractivity contribution in [2.75, 3.05) is 12.8 Å². The molecule has 0 spiro atoms. The zero-order valence-electron chi connectivity index (χ0n) is 17.6. The number of carbonyl (C=O) groups excluding carboxylic acids is 1. The minimum absolute atomic E-state index is 0.0117. The second-order valence-corrected chi connectivity index (χ2v) is 8.96. The highest BCUT2D eigenvalue weighted by Gasteiger charge is 2.36. The lowest BCUT2D eigenvalue weighted by Crippen LogP contribution is -2.29. The van der Waals surface area contributed by atoms with Crippen molar-refractivity contribution in [1.82, 2.24) is 9.97 Å². The number of anilines is 1. The molecule has 2 N–H and O–H groups in total. The van der Waals surface area contributed by atoms with Crippen molar-refractivity contribution in [1.29, 1.82) is 0 Å². The van der Waals surface area contributed by atoms with E-state index in [1.807, 2.05) is 13.8 Å². The summed E-state index contributed by atoms with van der Waals surface area (Å²) in [5.41, 5.74) is 10.3. The molecule has 3 aromatic rings. The lowest BCUT2D eigenvalue weighted by molar-refractivity contribution is 0.0911. The fourth-order valence-corrected chi connectivity index (χ4v) is 4.38. The first-order chi connectivity index (χ1) is 14.7. The van der Waals surface area contributed by atoms with Crippen LogP contribution in [0.2, 0.25) is 5.15 Å². The summed E-state index contributed by atoms with van der Waals surface area (Å²) >= 11 is 6.38. The van der Waals surface area contributed by atoms with Gasteiger partial charge in [0.1, 0.15) is 5.15 Å². The van der Waals surface area contributed by atoms with Crippen LogP contribution in [0.15, 0.2) is 36.5 Å². The molecule has 4 rings (SSSR count). The lowest BCUT2D eigenvalue weighted by Gasteiger charge is -2.32. The number of ketones is 1. The minimum atomic E-state index is -0.455. The molecular weight excluding hydrogens is 417 g/mol. The van der Waals surface area contributed by atoms with E-state index < -0.39 is 5.82 Å². The zero-order valence-corrected chi connectivity index (χ0v) is 18.4. The number of pyridine rings is 2. The Morgan fingerprint density at radius 1 is 1.23 bits per heavy atom. The normalized spacial score (nSPS) is 14.9. The number of Topliss-reactive ketones (excluding diaryl/α,β-unsaturated/α-hetero) is 1. The molecule has 0 aliphatic heterocycles. The molecule has 2 aromatic heterocycles. The molecule has 0 saturated carbocycles. The fraction of sp³-hybridized carbons (Fsp3) is 0.292. The molecule has 1 aliphatic carbocycles. The highest BCUT2D eigenvalue weighted by atomic mass is 35.5. The molecular formula is C24H23ClFN3O2. The molecule has 0 bridgehead atoms. The Balaban J connectivity index is 1.91. The van der Waals surface area contributed by atoms with Gasteiger partial charge >= 0.3 is 0 Å². The van der Waals surface area contributed by atoms with E-state index in [4.69, 9.17) is 27.1 Å². The Hall–Kier alpha value is -2.99. The number of nitrogens with zero attached hydrogens (tertiary/aromatic N) is 2. The Labute approximate surface area is 185 Å². The number of ether oxygens (including phenoxy) is 1. The Morgan fingerprint density at radius 3 is 2.68 bits per heavy atom. The van der Waals surface area contributed by atoms with Crippen LogP contribution in [0.25, 0.3) is 11.1 Å². The maximum Gasteiger partial charge on any atom is 0.165 e. The van der Waals surface area contributed by atoms with Gasteiger partial charge in [-0.25, -0.2) is 9.37 Å². The molecule has 0 atom stereocenters. The number of nitrogens with two attached hydrogens (primary N) is 1. The monoisotopic (exact) mass is 439 g/mol. The first-order valence-electron chi connectivity index (χ1n) is 9.98. The van der Waals surface area contributed by atoms with Crippen molar-refractivity contribution in [2.45, 2.75) is 33.1 Å². The van der Waals surface area contributed by atoms with Gasteiger partial charge in [0.15, 0.2) is 17.3 Å². The summed E-state index contributed by atoms with van der Waals surface area (Å²) in [5.74, 6) is -0.295. The van der Waals surface area contributed by atoms with E-state index in [1.54, 1.807) is 30.5 Å². The lowest BCUT2D eigenvalue weighted by atomic mass is 9.73. The van der Waals surface area contributed by atoms with Crippen molar-refractivity contribution < 1.29 is 13.9 Å². The molecule has 0 unspecified atom stereocenters. The van der Waals surface area contributed by atoms with Crippen LogP contribution < -0.4 is 10.5 Å². The third-order valence-electron chi connectivity index (χ3n) is 5.57. The summed E-state index contributed by atoms with van der Waals surface area (Å²) in [6, 6.07) is 8.30. The van der Waals surface area contributed by atoms with Crippen molar-refractivity contribution in [2.24, 2.45) is 5.41 Å². The summed E-state index contributed by atoms with van der Waals surface area (Å²) in [4.78, 5) is 22.1. The first-order valence-corrected chi connectivity index (χ1v) is 10.4. The van der Waals surface area contributed by atoms with Gasteiger partial charge in [0, 0.05) is 35.7 Å². The molecule has 0 saturated heterocycles. The van der Waals surface area contributed by atoms with E-state index >= 15 is 0 Å². The summed E-state index contributed by atoms with van der Waals surface area (Å²) in [5, 5.41) is 0.265. The van der Waals surface area contributed by atoms with E-state index in [1.165, 1.54) is 13.2 Å². The van der Waals surface area contributed by atoms with Gasteiger partial charge in [0.2, 0.25) is 0 Å². The second kappa shape index (κ2) is 7.93. The molecule has 7 heteroatoms. The van der Waals surface area contributed by atoms with Crippen molar-refractivity contribution in [3.8, 4) is 16.9 Å². The number of aromatic nitrogens is 2. The predicted octanol–water partition coefficient (Wildman–Crippen LogP) is 5.27. The Bertz CT molecular complexity index is 1190. The number of nitrogen functional groups attached to an aromatic ring is 1. The van der Waals surface area contributed by atoms with E-state index in [0.717, 1.165) is 0 Å². The number of halogens is 2. The molecule has 2 heterocycles. The van der Waals surface area contributed by atoms with Crippen LogP contribution in [0.4, 0.5) is 10.1 Å². The fourth-order valence-electron chi connectivity index (χ4n) is 4.17. The van der Waals surface area contributed by atoms with Gasteiger partial charge in [-0.15, -0.1) is 0 Å². The molecule has 1 aromatic carbocycles. The number of carbonyl (C=O) groups is 1. The maximum atomic E-state index is 14.2. The zero-order chi connectivity index (χ0) is 22.3. The largest absolute Gasteiger partial charge is 0.494 e. The summed E-state index contributed by atoms with van der Waals surface area (Å²) in [6.45, 7) is 4.09. The van der Waals surface area contributed by atoms with Gasteiger partial charge < -0.3 is 10.5 Å². The van der Waals surface area contributed by atoms with Crippen molar-refractivity contribution in [3.63, 3.8) is 0 Å². The van der Waals surface area contributed by atoms with Gasteiger partial charge in [-0.2, -0.15) is 0 Å². The van der Waals surface area contributed by atoms with Crippen LogP contribution in [0.3, 0.4) is 0 Å². The van der Waals surface area contributed by atoms with Crippen LogP contribution in [0.1, 0.15) is 47.6 Å². The third kappa shape index (κ3) is 4.00. The van der Waals surface area contributed by atoms with E-state index in [9.17, 15) is 9.18 Å². The summed E-state index contributed by atoms with van der Waals surface area (Å²) < 4.78 is 19.2. The van der Waals surface area contributed by atoms with Crippen LogP contribution >= 0.6 is 11.6 Å². The number of benzene rings is 1. The summed E-state index contributed by atoms with van der Waals surface area (Å²) in [6.07, 6.45) is 2.92. The smallest absolute Gasteiger partial charge is 0.165 e. The topological polar surface area (TPSA) is 78.1 Å². The van der Waals surface area contributed by atoms with Crippen LogP contribution in [-0.4, -0.2) is 22.9 Å². The quantitative estimate of drug-likeness (QED) is 0.560. The highest BCUT2D eigenvalue weighted by Crippen LogP contribution is 2.43. The molecule has 0 radical (unpaired) electrons. The predicted molar refractivity (Wildman–Crippen MR) is 119 cm³/mol. The average molecular weight is 440 g/mol. The molecule has 160 valence electrons. The van der Waals surface area contributed by atoms with E-state index in [2.05, 4.69) is 4.98 Å². The number of fused-ring (bicyclic) bond motifs is 1. The number of hydrogen-bond acceptors (Lipinski definition) is 5. The Morgan fingerprint density at radius 2 is 2.00 bits per heavy atom. The van der Waals surface area contributed by atoms with Crippen molar-refractivity contribution >= 4 is 23.1 Å². The van der Waals surface area contributed by atoms with Gasteiger partial charge in [-0.3, -0.25) is 9.78 Å². The van der Waals surface area contributed by atoms with Gasteiger partial charge in [0.25, 0.3) is 0 Å². The van der Waals surface area contributed by atoms with E-state index in [0.29, 0.717) is 58.6 Å². The Kier molecular flexibility index (Phi) is 5.43. The van der Waals surface area contributed by atoms with E-state index in [-0.39, 0.29) is 22.1 Å². The molecule has 0 fully saturated rings. The molecule has 1 aliphatic rings. The maximum absolute atomic E-state index is 14.2. The minimum Gasteiger partial charge on any atom is -0.494 e. The van der Waals surface area contributed by atoms with Crippen LogP contribution in [0, 0.1) is 11.2 Å². The van der Waals surface area contributed by atoms with Crippen LogP contribution in [-0.2, 0) is 12.8 Å². The van der Waals surface area contributed by atoms with Crippen LogP contribution in [0.5, 0.6) is 5.75 Å². The molecule has 5 nitrogen and oxygen atoms in total.